The molecule has 3 fully saturated rings. The minimum atomic E-state index is -1.82. The van der Waals surface area contributed by atoms with E-state index >= 15 is 0 Å². The molecule has 184 valence electrons. The van der Waals surface area contributed by atoms with Crippen LogP contribution in [-0.2, 0) is 9.53 Å². The molecule has 0 aromatic carbocycles. The second-order valence-electron chi connectivity index (χ2n) is 11.9. The monoisotopic (exact) mass is 458 g/mol. The van der Waals surface area contributed by atoms with E-state index < -0.39 is 23.3 Å². The Bertz CT molecular complexity index is 854. The van der Waals surface area contributed by atoms with Crippen LogP contribution in [0.4, 0.5) is 0 Å². The molecule has 3 N–H and O–H groups in total. The summed E-state index contributed by atoms with van der Waals surface area (Å²) in [4.78, 5) is 12.8. The summed E-state index contributed by atoms with van der Waals surface area (Å²) in [5, 5.41) is 32.5. The van der Waals surface area contributed by atoms with Crippen LogP contribution < -0.4 is 0 Å². The number of esters is 1. The number of ether oxygens (including phenoxy) is 1. The van der Waals surface area contributed by atoms with Crippen molar-refractivity contribution >= 4 is 5.97 Å². The molecule has 4 aliphatic rings. The highest BCUT2D eigenvalue weighted by atomic mass is 16.6. The summed E-state index contributed by atoms with van der Waals surface area (Å²) in [6.07, 6.45) is 11.5. The third-order valence-corrected chi connectivity index (χ3v) is 9.32. The molecule has 5 nitrogen and oxygen atoms in total. The Morgan fingerprint density at radius 3 is 2.61 bits per heavy atom. The number of fused-ring (bicyclic) bond motifs is 2. The molecule has 0 radical (unpaired) electrons. The van der Waals surface area contributed by atoms with Crippen molar-refractivity contribution in [2.24, 2.45) is 23.2 Å². The van der Waals surface area contributed by atoms with E-state index in [-0.39, 0.29) is 19.4 Å². The van der Waals surface area contributed by atoms with Crippen LogP contribution in [0.3, 0.4) is 0 Å². The highest BCUT2D eigenvalue weighted by Gasteiger charge is 2.51. The summed E-state index contributed by atoms with van der Waals surface area (Å²) >= 11 is 0. The van der Waals surface area contributed by atoms with E-state index in [1.807, 2.05) is 6.08 Å². The second kappa shape index (κ2) is 8.98. The average molecular weight is 459 g/mol. The zero-order chi connectivity index (χ0) is 24.0. The minimum absolute atomic E-state index is 0.0647. The Kier molecular flexibility index (Phi) is 6.71. The molecule has 7 atom stereocenters. The first kappa shape index (κ1) is 24.7. The Labute approximate surface area is 198 Å². The predicted molar refractivity (Wildman–Crippen MR) is 128 cm³/mol. The van der Waals surface area contributed by atoms with Gasteiger partial charge >= 0.3 is 5.97 Å². The summed E-state index contributed by atoms with van der Waals surface area (Å²) < 4.78 is 5.39. The lowest BCUT2D eigenvalue weighted by molar-refractivity contribution is -0.176. The SMILES string of the molecule is C=C1/C2=C\C=C3CCC[C@@]4(C)C3CC[C@@H]4[C@H](C)CCC[C@@](C)(O)COC(=O)[C@@](O)(C2)C[C@@H]1O. The standard InChI is InChI=1S/C28H42O5/c1-18-7-5-13-26(3,31)17-33-25(30)28(32)15-21(19(2)24(29)16-28)10-9-20-8-6-14-27(4)22(18)11-12-23(20)27/h9-10,18,22-24,29,31-32H,2,5-8,11-17H2,1,3-4H3/b20-9?,21-10-/t18-,22-,23?,24+,26-,27-,28-/m1/s1. The van der Waals surface area contributed by atoms with Gasteiger partial charge in [-0.25, -0.2) is 4.79 Å². The Hall–Kier alpha value is -1.43. The first-order chi connectivity index (χ1) is 15.5. The Morgan fingerprint density at radius 2 is 1.85 bits per heavy atom. The van der Waals surface area contributed by atoms with Crippen LogP contribution in [0.15, 0.2) is 35.5 Å². The molecule has 3 saturated carbocycles. The van der Waals surface area contributed by atoms with Crippen LogP contribution in [0.2, 0.25) is 0 Å². The quantitative estimate of drug-likeness (QED) is 0.462. The van der Waals surface area contributed by atoms with Crippen molar-refractivity contribution in [3.05, 3.63) is 35.5 Å². The number of carbonyl (C=O) groups is 1. The zero-order valence-corrected chi connectivity index (χ0v) is 20.6. The number of hydrogen-bond donors (Lipinski definition) is 3. The number of cyclic esters (lactones) is 1. The number of carbonyl (C=O) groups excluding carboxylic acids is 1. The fraction of sp³-hybridized carbons (Fsp3) is 0.750. The Balaban J connectivity index is 1.70. The number of aliphatic hydroxyl groups excluding tert-OH is 1. The topological polar surface area (TPSA) is 87.0 Å². The van der Waals surface area contributed by atoms with E-state index in [9.17, 15) is 20.1 Å². The molecule has 1 heterocycles. The van der Waals surface area contributed by atoms with E-state index in [2.05, 4.69) is 26.5 Å². The minimum Gasteiger partial charge on any atom is -0.460 e. The maximum absolute atomic E-state index is 12.8. The van der Waals surface area contributed by atoms with E-state index in [4.69, 9.17) is 4.74 Å². The van der Waals surface area contributed by atoms with Gasteiger partial charge in [0, 0.05) is 12.8 Å². The van der Waals surface area contributed by atoms with Crippen LogP contribution in [0.5, 0.6) is 0 Å². The summed E-state index contributed by atoms with van der Waals surface area (Å²) in [6.45, 7) is 10.4. The molecular formula is C28H42O5. The van der Waals surface area contributed by atoms with Gasteiger partial charge in [0.15, 0.2) is 5.60 Å². The van der Waals surface area contributed by atoms with Gasteiger partial charge in [-0.15, -0.1) is 0 Å². The lowest BCUT2D eigenvalue weighted by Crippen LogP contribution is -2.48. The lowest BCUT2D eigenvalue weighted by atomic mass is 9.60. The number of allylic oxidation sites excluding steroid dienone is 3. The highest BCUT2D eigenvalue weighted by molar-refractivity contribution is 5.81. The second-order valence-corrected chi connectivity index (χ2v) is 11.9. The van der Waals surface area contributed by atoms with Gasteiger partial charge in [0.1, 0.15) is 6.61 Å². The molecule has 0 aromatic heterocycles. The third-order valence-electron chi connectivity index (χ3n) is 9.32. The fourth-order valence-corrected chi connectivity index (χ4v) is 7.33. The summed E-state index contributed by atoms with van der Waals surface area (Å²) in [7, 11) is 0. The summed E-state index contributed by atoms with van der Waals surface area (Å²) in [5.74, 6) is 1.03. The van der Waals surface area contributed by atoms with Crippen molar-refractivity contribution in [3.8, 4) is 0 Å². The summed E-state index contributed by atoms with van der Waals surface area (Å²) in [6, 6.07) is 0. The van der Waals surface area contributed by atoms with Gasteiger partial charge in [-0.3, -0.25) is 0 Å². The molecule has 0 spiro atoms. The average Bonchev–Trinajstić information content (AvgIpc) is 3.10. The predicted octanol–water partition coefficient (Wildman–Crippen LogP) is 4.61. The molecule has 1 unspecified atom stereocenters. The summed E-state index contributed by atoms with van der Waals surface area (Å²) in [5.41, 5.74) is 0.0521. The molecular weight excluding hydrogens is 416 g/mol. The molecule has 5 heteroatoms. The van der Waals surface area contributed by atoms with E-state index in [1.165, 1.54) is 31.3 Å². The molecule has 33 heavy (non-hydrogen) atoms. The van der Waals surface area contributed by atoms with Crippen molar-refractivity contribution in [2.45, 2.75) is 102 Å². The van der Waals surface area contributed by atoms with Gasteiger partial charge in [-0.1, -0.05) is 51.0 Å². The Morgan fingerprint density at radius 1 is 1.09 bits per heavy atom. The van der Waals surface area contributed by atoms with Crippen LogP contribution in [0.1, 0.15) is 85.0 Å². The van der Waals surface area contributed by atoms with Crippen molar-refractivity contribution in [3.63, 3.8) is 0 Å². The molecule has 4 rings (SSSR count). The number of hydrogen-bond acceptors (Lipinski definition) is 5. The van der Waals surface area contributed by atoms with Crippen LogP contribution in [0, 0.1) is 23.2 Å². The van der Waals surface area contributed by atoms with Gasteiger partial charge < -0.3 is 20.1 Å². The maximum atomic E-state index is 12.8. The molecule has 0 amide bonds. The van der Waals surface area contributed by atoms with E-state index in [0.29, 0.717) is 40.7 Å². The van der Waals surface area contributed by atoms with Gasteiger partial charge in [0.05, 0.1) is 11.7 Å². The molecule has 3 aliphatic carbocycles. The van der Waals surface area contributed by atoms with E-state index in [0.717, 1.165) is 19.3 Å². The molecule has 0 aromatic rings. The van der Waals surface area contributed by atoms with Gasteiger partial charge in [0.2, 0.25) is 0 Å². The van der Waals surface area contributed by atoms with Gasteiger partial charge in [-0.05, 0) is 79.8 Å². The van der Waals surface area contributed by atoms with Crippen molar-refractivity contribution in [1.29, 1.82) is 0 Å². The zero-order valence-electron chi connectivity index (χ0n) is 20.6. The number of aliphatic hydroxyl groups is 3. The van der Waals surface area contributed by atoms with Crippen molar-refractivity contribution in [1.82, 2.24) is 0 Å². The smallest absolute Gasteiger partial charge is 0.338 e. The van der Waals surface area contributed by atoms with Crippen molar-refractivity contribution in [2.75, 3.05) is 6.61 Å². The maximum Gasteiger partial charge on any atom is 0.338 e. The normalized spacial score (nSPS) is 46.6. The molecule has 1 aliphatic heterocycles. The fourth-order valence-electron chi connectivity index (χ4n) is 7.33. The molecule has 0 saturated heterocycles. The first-order valence-corrected chi connectivity index (χ1v) is 12.8. The van der Waals surface area contributed by atoms with Gasteiger partial charge in [-0.2, -0.15) is 0 Å². The lowest BCUT2D eigenvalue weighted by Gasteiger charge is -2.44. The number of rotatable bonds is 0. The first-order valence-electron chi connectivity index (χ1n) is 12.8. The largest absolute Gasteiger partial charge is 0.460 e. The molecule has 6 bridgehead atoms. The van der Waals surface area contributed by atoms with Crippen LogP contribution in [-0.4, -0.2) is 45.2 Å². The highest BCUT2D eigenvalue weighted by Crippen LogP contribution is 2.60. The van der Waals surface area contributed by atoms with Crippen molar-refractivity contribution < 1.29 is 24.9 Å². The van der Waals surface area contributed by atoms with Crippen LogP contribution >= 0.6 is 0 Å². The van der Waals surface area contributed by atoms with Crippen LogP contribution in [0.25, 0.3) is 0 Å². The van der Waals surface area contributed by atoms with E-state index in [1.54, 1.807) is 6.92 Å². The third kappa shape index (κ3) is 4.74. The van der Waals surface area contributed by atoms with Gasteiger partial charge in [0.25, 0.3) is 0 Å².